The Kier molecular flexibility index (Phi) is 8.79. The number of amides is 2. The van der Waals surface area contributed by atoms with Crippen molar-refractivity contribution in [3.8, 4) is 0 Å². The average molecular weight is 468 g/mol. The monoisotopic (exact) mass is 467 g/mol. The molecular formula is C19H25N5O3S3. The summed E-state index contributed by atoms with van der Waals surface area (Å²) in [4.78, 5) is 29.7. The molecule has 30 heavy (non-hydrogen) atoms. The van der Waals surface area contributed by atoms with E-state index < -0.39 is 0 Å². The summed E-state index contributed by atoms with van der Waals surface area (Å²) in [7, 11) is 1.60. The number of methoxy groups -OCH3 is 1. The van der Waals surface area contributed by atoms with Gasteiger partial charge in [0.25, 0.3) is 5.91 Å². The van der Waals surface area contributed by atoms with E-state index in [1.165, 1.54) is 23.1 Å². The molecule has 162 valence electrons. The molecule has 1 aliphatic heterocycles. The van der Waals surface area contributed by atoms with E-state index in [9.17, 15) is 9.59 Å². The van der Waals surface area contributed by atoms with Gasteiger partial charge in [-0.3, -0.25) is 9.59 Å². The molecule has 0 bridgehead atoms. The van der Waals surface area contributed by atoms with Gasteiger partial charge >= 0.3 is 0 Å². The van der Waals surface area contributed by atoms with Gasteiger partial charge in [-0.1, -0.05) is 35.2 Å². The second-order valence-electron chi connectivity index (χ2n) is 6.46. The normalized spacial score (nSPS) is 14.1. The van der Waals surface area contributed by atoms with Crippen LogP contribution in [0.1, 0.15) is 10.4 Å². The molecule has 0 spiro atoms. The largest absolute Gasteiger partial charge is 0.383 e. The zero-order valence-corrected chi connectivity index (χ0v) is 19.4. The van der Waals surface area contributed by atoms with Crippen molar-refractivity contribution in [3.63, 3.8) is 0 Å². The SMILES string of the molecule is COCCNC(=O)CSc1nnc(N2CCN(C(=O)c3ccccc3SC)CC2)s1. The van der Waals surface area contributed by atoms with Crippen LogP contribution in [0.15, 0.2) is 33.5 Å². The molecule has 2 amide bonds. The molecule has 11 heteroatoms. The van der Waals surface area contributed by atoms with E-state index in [1.807, 2.05) is 35.4 Å². The lowest BCUT2D eigenvalue weighted by molar-refractivity contribution is -0.118. The molecule has 8 nitrogen and oxygen atoms in total. The minimum absolute atomic E-state index is 0.0496. The van der Waals surface area contributed by atoms with Crippen LogP contribution in [0.3, 0.4) is 0 Å². The molecule has 2 heterocycles. The highest BCUT2D eigenvalue weighted by atomic mass is 32.2. The number of hydrogen-bond donors (Lipinski definition) is 1. The molecule has 2 aromatic rings. The van der Waals surface area contributed by atoms with Crippen LogP contribution in [0.4, 0.5) is 5.13 Å². The summed E-state index contributed by atoms with van der Waals surface area (Å²) in [5, 5.41) is 12.1. The third kappa shape index (κ3) is 6.10. The van der Waals surface area contributed by atoms with Gasteiger partial charge in [0, 0.05) is 44.7 Å². The Labute approximate surface area is 188 Å². The fraction of sp³-hybridized carbons (Fsp3) is 0.474. The van der Waals surface area contributed by atoms with Crippen LogP contribution >= 0.6 is 34.9 Å². The molecule has 0 saturated carbocycles. The number of nitrogens with zero attached hydrogens (tertiary/aromatic N) is 4. The Morgan fingerprint density at radius 3 is 2.70 bits per heavy atom. The van der Waals surface area contributed by atoms with E-state index in [0.717, 1.165) is 19.9 Å². The first kappa shape index (κ1) is 22.9. The summed E-state index contributed by atoms with van der Waals surface area (Å²) >= 11 is 4.44. The van der Waals surface area contributed by atoms with Crippen LogP contribution in [-0.2, 0) is 9.53 Å². The van der Waals surface area contributed by atoms with Crippen molar-refractivity contribution < 1.29 is 14.3 Å². The summed E-state index contributed by atoms with van der Waals surface area (Å²) < 4.78 is 5.67. The molecule has 3 rings (SSSR count). The van der Waals surface area contributed by atoms with Crippen molar-refractivity contribution in [1.29, 1.82) is 0 Å². The van der Waals surface area contributed by atoms with E-state index in [0.29, 0.717) is 45.1 Å². The van der Waals surface area contributed by atoms with Crippen molar-refractivity contribution in [2.45, 2.75) is 9.24 Å². The van der Waals surface area contributed by atoms with Gasteiger partial charge in [0.05, 0.1) is 17.9 Å². The highest BCUT2D eigenvalue weighted by Crippen LogP contribution is 2.29. The van der Waals surface area contributed by atoms with E-state index in [4.69, 9.17) is 4.74 Å². The number of anilines is 1. The Morgan fingerprint density at radius 2 is 1.97 bits per heavy atom. The Morgan fingerprint density at radius 1 is 1.20 bits per heavy atom. The molecule has 1 aromatic heterocycles. The average Bonchev–Trinajstić information content (AvgIpc) is 3.26. The molecule has 1 fully saturated rings. The third-order valence-corrected chi connectivity index (χ3v) is 7.44. The lowest BCUT2D eigenvalue weighted by Crippen LogP contribution is -2.48. The molecule has 0 aliphatic carbocycles. The predicted octanol–water partition coefficient (Wildman–Crippen LogP) is 2.08. The van der Waals surface area contributed by atoms with Crippen molar-refractivity contribution in [2.75, 3.05) is 63.3 Å². The van der Waals surface area contributed by atoms with Crippen molar-refractivity contribution in [1.82, 2.24) is 20.4 Å². The zero-order valence-electron chi connectivity index (χ0n) is 17.0. The summed E-state index contributed by atoms with van der Waals surface area (Å²) in [5.41, 5.74) is 0.761. The van der Waals surface area contributed by atoms with E-state index in [1.54, 1.807) is 18.9 Å². The van der Waals surface area contributed by atoms with E-state index in [-0.39, 0.29) is 11.8 Å². The fourth-order valence-electron chi connectivity index (χ4n) is 2.95. The van der Waals surface area contributed by atoms with E-state index >= 15 is 0 Å². The standard InChI is InChI=1S/C19H25N5O3S3/c1-27-12-7-20-16(25)13-29-19-22-21-18(30-19)24-10-8-23(9-11-24)17(26)14-5-3-4-6-15(14)28-2/h3-6H,7-13H2,1-2H3,(H,20,25). The molecule has 1 aliphatic rings. The number of aromatic nitrogens is 2. The van der Waals surface area contributed by atoms with Gasteiger partial charge in [0.15, 0.2) is 4.34 Å². The van der Waals surface area contributed by atoms with Gasteiger partial charge in [-0.2, -0.15) is 0 Å². The molecule has 0 radical (unpaired) electrons. The first-order chi connectivity index (χ1) is 14.6. The van der Waals surface area contributed by atoms with Crippen LogP contribution in [0, 0.1) is 0 Å². The minimum atomic E-state index is -0.0496. The number of hydrogen-bond acceptors (Lipinski definition) is 9. The molecule has 0 unspecified atom stereocenters. The molecule has 1 N–H and O–H groups in total. The maximum absolute atomic E-state index is 12.9. The van der Waals surface area contributed by atoms with E-state index in [2.05, 4.69) is 20.4 Å². The summed E-state index contributed by atoms with van der Waals surface area (Å²) in [6.07, 6.45) is 1.98. The smallest absolute Gasteiger partial charge is 0.255 e. The van der Waals surface area contributed by atoms with Crippen molar-refractivity contribution in [3.05, 3.63) is 29.8 Å². The van der Waals surface area contributed by atoms with Crippen LogP contribution in [0.5, 0.6) is 0 Å². The maximum Gasteiger partial charge on any atom is 0.255 e. The van der Waals surface area contributed by atoms with Gasteiger partial charge in [0.2, 0.25) is 11.0 Å². The first-order valence-electron chi connectivity index (χ1n) is 9.51. The highest BCUT2D eigenvalue weighted by molar-refractivity contribution is 8.01. The van der Waals surface area contributed by atoms with Crippen molar-refractivity contribution >= 4 is 51.8 Å². The summed E-state index contributed by atoms with van der Waals surface area (Å²) in [5.74, 6) is 0.328. The highest BCUT2D eigenvalue weighted by Gasteiger charge is 2.25. The second kappa shape index (κ2) is 11.5. The first-order valence-corrected chi connectivity index (χ1v) is 12.5. The zero-order chi connectivity index (χ0) is 21.3. The summed E-state index contributed by atoms with van der Waals surface area (Å²) in [6, 6.07) is 7.73. The number of rotatable bonds is 9. The summed E-state index contributed by atoms with van der Waals surface area (Å²) in [6.45, 7) is 3.71. The van der Waals surface area contributed by atoms with Crippen LogP contribution in [0.2, 0.25) is 0 Å². The van der Waals surface area contributed by atoms with Crippen LogP contribution in [-0.4, -0.2) is 85.4 Å². The third-order valence-electron chi connectivity index (χ3n) is 4.53. The minimum Gasteiger partial charge on any atom is -0.383 e. The predicted molar refractivity (Wildman–Crippen MR) is 122 cm³/mol. The number of nitrogens with one attached hydrogen (secondary N) is 1. The van der Waals surface area contributed by atoms with Crippen LogP contribution < -0.4 is 10.2 Å². The molecule has 1 saturated heterocycles. The number of carbonyl (C=O) groups excluding carboxylic acids is 2. The van der Waals surface area contributed by atoms with Crippen LogP contribution in [0.25, 0.3) is 0 Å². The van der Waals surface area contributed by atoms with Gasteiger partial charge in [-0.05, 0) is 18.4 Å². The molecule has 1 aromatic carbocycles. The topological polar surface area (TPSA) is 87.7 Å². The van der Waals surface area contributed by atoms with Crippen molar-refractivity contribution in [2.24, 2.45) is 0 Å². The lowest BCUT2D eigenvalue weighted by Gasteiger charge is -2.34. The number of ether oxygens (including phenoxy) is 1. The maximum atomic E-state index is 12.9. The number of piperazine rings is 1. The molecular weight excluding hydrogens is 442 g/mol. The van der Waals surface area contributed by atoms with Gasteiger partial charge in [-0.25, -0.2) is 0 Å². The van der Waals surface area contributed by atoms with Gasteiger partial charge in [-0.15, -0.1) is 22.0 Å². The lowest BCUT2D eigenvalue weighted by atomic mass is 10.2. The van der Waals surface area contributed by atoms with Gasteiger partial charge in [0.1, 0.15) is 0 Å². The van der Waals surface area contributed by atoms with Gasteiger partial charge < -0.3 is 19.9 Å². The molecule has 0 atom stereocenters. The quantitative estimate of drug-likeness (QED) is 0.443. The number of thioether (sulfide) groups is 2. The Bertz CT molecular complexity index is 855. The Balaban J connectivity index is 1.48. The number of carbonyl (C=O) groups is 2. The Hall–Kier alpha value is -1.82. The number of benzene rings is 1. The second-order valence-corrected chi connectivity index (χ2v) is 9.49. The fourth-order valence-corrected chi connectivity index (χ4v) is 5.26.